The summed E-state index contributed by atoms with van der Waals surface area (Å²) in [5.41, 5.74) is 4.90. The molecule has 2 rings (SSSR count). The topological polar surface area (TPSA) is 85.9 Å². The van der Waals surface area contributed by atoms with E-state index in [9.17, 15) is 9.59 Å². The molecule has 0 fully saturated rings. The van der Waals surface area contributed by atoms with Crippen LogP contribution in [0.15, 0.2) is 46.9 Å². The van der Waals surface area contributed by atoms with Gasteiger partial charge in [-0.2, -0.15) is 0 Å². The SMILES string of the molecule is COc1ccc(OC)c(C(=O)NNC(=O)C(C)Oc2cccc(Br)c2)c1. The highest BCUT2D eigenvalue weighted by molar-refractivity contribution is 9.10. The van der Waals surface area contributed by atoms with Crippen LogP contribution < -0.4 is 25.1 Å². The first-order chi connectivity index (χ1) is 12.4. The number of carbonyl (C=O) groups excluding carboxylic acids is 2. The zero-order valence-corrected chi connectivity index (χ0v) is 16.1. The Morgan fingerprint density at radius 3 is 2.42 bits per heavy atom. The molecule has 0 saturated heterocycles. The molecule has 26 heavy (non-hydrogen) atoms. The Morgan fingerprint density at radius 2 is 1.77 bits per heavy atom. The lowest BCUT2D eigenvalue weighted by atomic mass is 10.2. The zero-order chi connectivity index (χ0) is 19.1. The number of nitrogens with one attached hydrogen (secondary N) is 2. The highest BCUT2D eigenvalue weighted by Crippen LogP contribution is 2.23. The summed E-state index contributed by atoms with van der Waals surface area (Å²) < 4.78 is 16.6. The van der Waals surface area contributed by atoms with Crippen LogP contribution in [0.3, 0.4) is 0 Å². The number of methoxy groups -OCH3 is 2. The molecule has 0 radical (unpaired) electrons. The molecular weight excluding hydrogens is 404 g/mol. The van der Waals surface area contributed by atoms with E-state index < -0.39 is 17.9 Å². The minimum atomic E-state index is -0.809. The van der Waals surface area contributed by atoms with Crippen LogP contribution in [-0.4, -0.2) is 32.1 Å². The summed E-state index contributed by atoms with van der Waals surface area (Å²) in [4.78, 5) is 24.4. The molecule has 2 aromatic carbocycles. The fourth-order valence-electron chi connectivity index (χ4n) is 2.08. The van der Waals surface area contributed by atoms with Crippen LogP contribution in [-0.2, 0) is 4.79 Å². The third kappa shape index (κ3) is 5.13. The summed E-state index contributed by atoms with van der Waals surface area (Å²) in [6, 6.07) is 11.9. The summed E-state index contributed by atoms with van der Waals surface area (Å²) in [5.74, 6) is 0.344. The van der Waals surface area contributed by atoms with Crippen molar-refractivity contribution in [2.45, 2.75) is 13.0 Å². The largest absolute Gasteiger partial charge is 0.497 e. The average molecular weight is 423 g/mol. The van der Waals surface area contributed by atoms with Gasteiger partial charge in [0, 0.05) is 4.47 Å². The van der Waals surface area contributed by atoms with Crippen molar-refractivity contribution in [3.8, 4) is 17.2 Å². The molecular formula is C18H19BrN2O5. The summed E-state index contributed by atoms with van der Waals surface area (Å²) in [6.45, 7) is 1.58. The van der Waals surface area contributed by atoms with Gasteiger partial charge in [-0.25, -0.2) is 0 Å². The van der Waals surface area contributed by atoms with E-state index in [1.54, 1.807) is 37.3 Å². The maximum atomic E-state index is 12.3. The number of amides is 2. The molecule has 0 aliphatic carbocycles. The van der Waals surface area contributed by atoms with E-state index in [1.165, 1.54) is 20.3 Å². The Morgan fingerprint density at radius 1 is 1.00 bits per heavy atom. The third-order valence-corrected chi connectivity index (χ3v) is 3.92. The van der Waals surface area contributed by atoms with Gasteiger partial charge in [0.1, 0.15) is 17.2 Å². The van der Waals surface area contributed by atoms with Gasteiger partial charge in [0.25, 0.3) is 11.8 Å². The molecule has 1 atom stereocenters. The van der Waals surface area contributed by atoms with Gasteiger partial charge in [0.15, 0.2) is 6.10 Å². The molecule has 0 aromatic heterocycles. The van der Waals surface area contributed by atoms with Crippen molar-refractivity contribution in [2.75, 3.05) is 14.2 Å². The number of hydrogen-bond acceptors (Lipinski definition) is 5. The van der Waals surface area contributed by atoms with Gasteiger partial charge in [0.2, 0.25) is 0 Å². The second kappa shape index (κ2) is 9.10. The molecule has 0 bridgehead atoms. The van der Waals surface area contributed by atoms with Crippen LogP contribution in [0.5, 0.6) is 17.2 Å². The van der Waals surface area contributed by atoms with Crippen LogP contribution in [0, 0.1) is 0 Å². The maximum absolute atomic E-state index is 12.3. The van der Waals surface area contributed by atoms with E-state index in [4.69, 9.17) is 14.2 Å². The first-order valence-electron chi connectivity index (χ1n) is 7.69. The summed E-state index contributed by atoms with van der Waals surface area (Å²) in [5, 5.41) is 0. The molecule has 0 spiro atoms. The lowest BCUT2D eigenvalue weighted by Gasteiger charge is -2.16. The summed E-state index contributed by atoms with van der Waals surface area (Å²) in [6.07, 6.45) is -0.809. The molecule has 2 aromatic rings. The molecule has 2 N–H and O–H groups in total. The van der Waals surface area contributed by atoms with Crippen LogP contribution >= 0.6 is 15.9 Å². The number of rotatable bonds is 6. The highest BCUT2D eigenvalue weighted by Gasteiger charge is 2.18. The van der Waals surface area contributed by atoms with E-state index in [1.807, 2.05) is 6.07 Å². The predicted octanol–water partition coefficient (Wildman–Crippen LogP) is 2.69. The Labute approximate surface area is 159 Å². The monoisotopic (exact) mass is 422 g/mol. The van der Waals surface area contributed by atoms with E-state index in [0.29, 0.717) is 17.2 Å². The van der Waals surface area contributed by atoms with Gasteiger partial charge in [-0.05, 0) is 43.3 Å². The van der Waals surface area contributed by atoms with Crippen molar-refractivity contribution < 1.29 is 23.8 Å². The minimum Gasteiger partial charge on any atom is -0.497 e. The Bertz CT molecular complexity index is 797. The number of ether oxygens (including phenoxy) is 3. The zero-order valence-electron chi connectivity index (χ0n) is 14.5. The van der Waals surface area contributed by atoms with Gasteiger partial charge < -0.3 is 14.2 Å². The summed E-state index contributed by atoms with van der Waals surface area (Å²) >= 11 is 3.33. The van der Waals surface area contributed by atoms with Crippen molar-refractivity contribution in [3.05, 3.63) is 52.5 Å². The second-order valence-electron chi connectivity index (χ2n) is 5.23. The molecule has 2 amide bonds. The van der Waals surface area contributed by atoms with Gasteiger partial charge in [-0.1, -0.05) is 22.0 Å². The number of hydrazine groups is 1. The Hall–Kier alpha value is -2.74. The Balaban J connectivity index is 1.97. The van der Waals surface area contributed by atoms with E-state index in [-0.39, 0.29) is 5.56 Å². The fraction of sp³-hybridized carbons (Fsp3) is 0.222. The smallest absolute Gasteiger partial charge is 0.279 e. The molecule has 0 aliphatic heterocycles. The highest BCUT2D eigenvalue weighted by atomic mass is 79.9. The molecule has 0 aliphatic rings. The van der Waals surface area contributed by atoms with Gasteiger partial charge >= 0.3 is 0 Å². The standard InChI is InChI=1S/C18H19BrN2O5/c1-11(26-14-6-4-5-12(19)9-14)17(22)20-21-18(23)15-10-13(24-2)7-8-16(15)25-3/h4-11H,1-3H3,(H,20,22)(H,21,23). The van der Waals surface area contributed by atoms with Crippen molar-refractivity contribution in [2.24, 2.45) is 0 Å². The van der Waals surface area contributed by atoms with E-state index >= 15 is 0 Å². The van der Waals surface area contributed by atoms with Crippen molar-refractivity contribution >= 4 is 27.7 Å². The number of hydrogen-bond donors (Lipinski definition) is 2. The molecule has 0 heterocycles. The van der Waals surface area contributed by atoms with Gasteiger partial charge in [0.05, 0.1) is 19.8 Å². The lowest BCUT2D eigenvalue weighted by Crippen LogP contribution is -2.47. The Kier molecular flexibility index (Phi) is 6.85. The summed E-state index contributed by atoms with van der Waals surface area (Å²) in [7, 11) is 2.94. The van der Waals surface area contributed by atoms with E-state index in [0.717, 1.165) is 4.47 Å². The van der Waals surface area contributed by atoms with Crippen LogP contribution in [0.2, 0.25) is 0 Å². The van der Waals surface area contributed by atoms with Gasteiger partial charge in [-0.15, -0.1) is 0 Å². The number of halogens is 1. The lowest BCUT2D eigenvalue weighted by molar-refractivity contribution is -0.128. The fourth-order valence-corrected chi connectivity index (χ4v) is 2.46. The molecule has 0 saturated carbocycles. The van der Waals surface area contributed by atoms with Crippen LogP contribution in [0.4, 0.5) is 0 Å². The first-order valence-corrected chi connectivity index (χ1v) is 8.48. The van der Waals surface area contributed by atoms with Crippen molar-refractivity contribution in [3.63, 3.8) is 0 Å². The van der Waals surface area contributed by atoms with Crippen LogP contribution in [0.25, 0.3) is 0 Å². The normalized spacial score (nSPS) is 11.2. The molecule has 1 unspecified atom stereocenters. The minimum absolute atomic E-state index is 0.229. The number of benzene rings is 2. The third-order valence-electron chi connectivity index (χ3n) is 3.43. The molecule has 138 valence electrons. The molecule has 8 heteroatoms. The quantitative estimate of drug-likeness (QED) is 0.698. The number of carbonyl (C=O) groups is 2. The van der Waals surface area contributed by atoms with Crippen LogP contribution in [0.1, 0.15) is 17.3 Å². The maximum Gasteiger partial charge on any atom is 0.279 e. The second-order valence-corrected chi connectivity index (χ2v) is 6.14. The van der Waals surface area contributed by atoms with E-state index in [2.05, 4.69) is 26.8 Å². The first kappa shape index (κ1) is 19.6. The predicted molar refractivity (Wildman–Crippen MR) is 99.4 cm³/mol. The van der Waals surface area contributed by atoms with Crippen molar-refractivity contribution in [1.29, 1.82) is 0 Å². The van der Waals surface area contributed by atoms with Gasteiger partial charge in [-0.3, -0.25) is 20.4 Å². The van der Waals surface area contributed by atoms with Crippen molar-refractivity contribution in [1.82, 2.24) is 10.9 Å². The average Bonchev–Trinajstić information content (AvgIpc) is 2.65. The molecule has 7 nitrogen and oxygen atoms in total.